The molecule has 0 spiro atoms. The Morgan fingerprint density at radius 2 is 1.85 bits per heavy atom. The Bertz CT molecular complexity index is 1090. The molecule has 9 heteroatoms. The SMILES string of the molecule is CCN(CC)CC[C@@H](c1ccc(Cl)cc1)N(C(=O)C1(N)CCNCC1)c1ncnc2[nH]ccc12. The van der Waals surface area contributed by atoms with Crippen molar-refractivity contribution in [1.29, 1.82) is 0 Å². The monoisotopic (exact) mass is 483 g/mol. The van der Waals surface area contributed by atoms with Gasteiger partial charge in [-0.25, -0.2) is 9.97 Å². The van der Waals surface area contributed by atoms with Crippen molar-refractivity contribution in [3.05, 3.63) is 53.4 Å². The van der Waals surface area contributed by atoms with Crippen LogP contribution in [-0.2, 0) is 4.79 Å². The van der Waals surface area contributed by atoms with Crippen molar-refractivity contribution in [2.75, 3.05) is 37.6 Å². The van der Waals surface area contributed by atoms with Crippen LogP contribution in [0.1, 0.15) is 44.7 Å². The van der Waals surface area contributed by atoms with Crippen LogP contribution >= 0.6 is 11.6 Å². The van der Waals surface area contributed by atoms with Crippen LogP contribution < -0.4 is 16.0 Å². The van der Waals surface area contributed by atoms with E-state index < -0.39 is 5.54 Å². The Hall–Kier alpha value is -2.52. The van der Waals surface area contributed by atoms with E-state index in [0.717, 1.165) is 37.0 Å². The molecular formula is C25H34ClN7O. The number of fused-ring (bicyclic) bond motifs is 1. The summed E-state index contributed by atoms with van der Waals surface area (Å²) in [6.45, 7) is 8.46. The Labute approximate surface area is 205 Å². The molecule has 1 saturated heterocycles. The number of halogens is 1. The average Bonchev–Trinajstić information content (AvgIpc) is 3.34. The number of nitrogens with zero attached hydrogens (tertiary/aromatic N) is 4. The number of piperidine rings is 1. The summed E-state index contributed by atoms with van der Waals surface area (Å²) in [7, 11) is 0. The van der Waals surface area contributed by atoms with E-state index in [-0.39, 0.29) is 11.9 Å². The number of rotatable bonds is 9. The fourth-order valence-corrected chi connectivity index (χ4v) is 4.86. The van der Waals surface area contributed by atoms with E-state index in [1.54, 1.807) is 0 Å². The van der Waals surface area contributed by atoms with Crippen LogP contribution in [0.4, 0.5) is 5.82 Å². The lowest BCUT2D eigenvalue weighted by Crippen LogP contribution is -2.60. The molecule has 2 aromatic heterocycles. The topological polar surface area (TPSA) is 103 Å². The lowest BCUT2D eigenvalue weighted by Gasteiger charge is -2.41. The summed E-state index contributed by atoms with van der Waals surface area (Å²) in [5, 5.41) is 4.78. The first-order chi connectivity index (χ1) is 16.5. The van der Waals surface area contributed by atoms with Gasteiger partial charge >= 0.3 is 0 Å². The van der Waals surface area contributed by atoms with Gasteiger partial charge in [-0.05, 0) is 69.2 Å². The predicted molar refractivity (Wildman–Crippen MR) is 137 cm³/mol. The van der Waals surface area contributed by atoms with E-state index in [4.69, 9.17) is 17.3 Å². The van der Waals surface area contributed by atoms with Gasteiger partial charge < -0.3 is 20.9 Å². The van der Waals surface area contributed by atoms with Crippen molar-refractivity contribution < 1.29 is 4.79 Å². The third kappa shape index (κ3) is 5.10. The van der Waals surface area contributed by atoms with Crippen LogP contribution in [0.15, 0.2) is 42.9 Å². The number of anilines is 1. The third-order valence-electron chi connectivity index (χ3n) is 6.88. The van der Waals surface area contributed by atoms with Gasteiger partial charge in [-0.15, -0.1) is 0 Å². The minimum atomic E-state index is -0.960. The van der Waals surface area contributed by atoms with Crippen molar-refractivity contribution >= 4 is 34.4 Å². The smallest absolute Gasteiger partial charge is 0.248 e. The zero-order valence-electron chi connectivity index (χ0n) is 19.9. The van der Waals surface area contributed by atoms with Gasteiger partial charge in [0.25, 0.3) is 0 Å². The van der Waals surface area contributed by atoms with Crippen LogP contribution in [0.2, 0.25) is 5.02 Å². The van der Waals surface area contributed by atoms with Crippen molar-refractivity contribution in [2.45, 2.75) is 44.7 Å². The Balaban J connectivity index is 1.84. The van der Waals surface area contributed by atoms with Gasteiger partial charge in [0.1, 0.15) is 17.8 Å². The molecular weight excluding hydrogens is 450 g/mol. The van der Waals surface area contributed by atoms with E-state index in [0.29, 0.717) is 42.4 Å². The zero-order chi connectivity index (χ0) is 24.1. The molecule has 182 valence electrons. The molecule has 1 aliphatic heterocycles. The van der Waals surface area contributed by atoms with E-state index >= 15 is 0 Å². The maximum Gasteiger partial charge on any atom is 0.248 e. The minimum Gasteiger partial charge on any atom is -0.346 e. The number of hydrogen-bond acceptors (Lipinski definition) is 6. The van der Waals surface area contributed by atoms with Crippen LogP contribution in [-0.4, -0.2) is 64.0 Å². The van der Waals surface area contributed by atoms with Gasteiger partial charge in [0.15, 0.2) is 0 Å². The van der Waals surface area contributed by atoms with Gasteiger partial charge in [-0.3, -0.25) is 9.69 Å². The summed E-state index contributed by atoms with van der Waals surface area (Å²) in [4.78, 5) is 30.6. The second-order valence-corrected chi connectivity index (χ2v) is 9.34. The second-order valence-electron chi connectivity index (χ2n) is 8.90. The molecule has 8 nitrogen and oxygen atoms in total. The maximum atomic E-state index is 14.3. The zero-order valence-corrected chi connectivity index (χ0v) is 20.7. The number of carbonyl (C=O) groups excluding carboxylic acids is 1. The first kappa shape index (κ1) is 24.6. The average molecular weight is 484 g/mol. The predicted octanol–water partition coefficient (Wildman–Crippen LogP) is 3.50. The standard InChI is InChI=1S/C25H34ClN7O/c1-3-32(4-2)16-10-21(18-5-7-19(26)8-6-18)33(24(34)25(27)11-14-28-15-12-25)23-20-9-13-29-22(20)30-17-31-23/h5-9,13,17,21,28H,3-4,10-12,14-16,27H2,1-2H3,(H,29,30,31)/t21-/m0/s1. The van der Waals surface area contributed by atoms with E-state index in [1.807, 2.05) is 41.4 Å². The summed E-state index contributed by atoms with van der Waals surface area (Å²) in [6, 6.07) is 9.40. The lowest BCUT2D eigenvalue weighted by molar-refractivity contribution is -0.125. The number of H-pyrrole nitrogens is 1. The van der Waals surface area contributed by atoms with Crippen LogP contribution in [0, 0.1) is 0 Å². The number of benzene rings is 1. The normalized spacial score (nSPS) is 16.6. The highest BCUT2D eigenvalue weighted by Gasteiger charge is 2.42. The highest BCUT2D eigenvalue weighted by Crippen LogP contribution is 2.36. The first-order valence-electron chi connectivity index (χ1n) is 12.1. The van der Waals surface area contributed by atoms with Crippen molar-refractivity contribution in [3.63, 3.8) is 0 Å². The highest BCUT2D eigenvalue weighted by molar-refractivity contribution is 6.30. The molecule has 0 radical (unpaired) electrons. The Morgan fingerprint density at radius 1 is 1.15 bits per heavy atom. The highest BCUT2D eigenvalue weighted by atomic mass is 35.5. The maximum absolute atomic E-state index is 14.3. The molecule has 1 atom stereocenters. The molecule has 4 N–H and O–H groups in total. The number of carbonyl (C=O) groups is 1. The van der Waals surface area contributed by atoms with Crippen molar-refractivity contribution in [3.8, 4) is 0 Å². The largest absolute Gasteiger partial charge is 0.346 e. The van der Waals surface area contributed by atoms with E-state index in [1.165, 1.54) is 6.33 Å². The fourth-order valence-electron chi connectivity index (χ4n) is 4.74. The van der Waals surface area contributed by atoms with Crippen molar-refractivity contribution in [1.82, 2.24) is 25.2 Å². The summed E-state index contributed by atoms with van der Waals surface area (Å²) in [5.74, 6) is 0.480. The minimum absolute atomic E-state index is 0.102. The van der Waals surface area contributed by atoms with Gasteiger partial charge in [-0.2, -0.15) is 0 Å². The third-order valence-corrected chi connectivity index (χ3v) is 7.13. The summed E-state index contributed by atoms with van der Waals surface area (Å²) >= 11 is 6.21. The fraction of sp³-hybridized carbons (Fsp3) is 0.480. The molecule has 1 fully saturated rings. The summed E-state index contributed by atoms with van der Waals surface area (Å²) < 4.78 is 0. The molecule has 0 bridgehead atoms. The molecule has 4 rings (SSSR count). The van der Waals surface area contributed by atoms with E-state index in [2.05, 4.69) is 39.0 Å². The van der Waals surface area contributed by atoms with Gasteiger partial charge in [0.05, 0.1) is 17.0 Å². The molecule has 34 heavy (non-hydrogen) atoms. The number of hydrogen-bond donors (Lipinski definition) is 3. The molecule has 0 unspecified atom stereocenters. The Morgan fingerprint density at radius 3 is 2.53 bits per heavy atom. The molecule has 3 heterocycles. The number of aromatic nitrogens is 3. The number of nitrogens with two attached hydrogens (primary N) is 1. The first-order valence-corrected chi connectivity index (χ1v) is 12.4. The molecule has 0 aliphatic carbocycles. The lowest BCUT2D eigenvalue weighted by atomic mass is 9.86. The van der Waals surface area contributed by atoms with Crippen LogP contribution in [0.5, 0.6) is 0 Å². The summed E-state index contributed by atoms with van der Waals surface area (Å²) in [5.41, 5.74) is 7.53. The quantitative estimate of drug-likeness (QED) is 0.430. The molecule has 3 aromatic rings. The number of amides is 1. The molecule has 0 saturated carbocycles. The van der Waals surface area contributed by atoms with Gasteiger partial charge in [0.2, 0.25) is 5.91 Å². The van der Waals surface area contributed by atoms with Gasteiger partial charge in [0, 0.05) is 17.8 Å². The molecule has 1 aromatic carbocycles. The van der Waals surface area contributed by atoms with E-state index in [9.17, 15) is 4.79 Å². The second kappa shape index (κ2) is 10.8. The van der Waals surface area contributed by atoms with Gasteiger partial charge in [-0.1, -0.05) is 37.6 Å². The van der Waals surface area contributed by atoms with Crippen molar-refractivity contribution in [2.24, 2.45) is 5.73 Å². The molecule has 1 amide bonds. The summed E-state index contributed by atoms with van der Waals surface area (Å²) in [6.07, 6.45) is 5.21. The Kier molecular flexibility index (Phi) is 7.83. The molecule has 1 aliphatic rings. The van der Waals surface area contributed by atoms with Crippen LogP contribution in [0.25, 0.3) is 11.0 Å². The number of nitrogens with one attached hydrogen (secondary N) is 2. The number of aromatic amines is 1. The van der Waals surface area contributed by atoms with Crippen LogP contribution in [0.3, 0.4) is 0 Å².